The lowest BCUT2D eigenvalue weighted by Gasteiger charge is -2.40. The average Bonchev–Trinajstić information content (AvgIpc) is 3.42. The number of aliphatic hydroxyl groups excluding tert-OH is 2. The molecule has 0 amide bonds. The van der Waals surface area contributed by atoms with E-state index in [2.05, 4.69) is 118 Å². The number of hydrogen-bond acceptors (Lipinski definition) is 11. The third-order valence-electron chi connectivity index (χ3n) is 13.2. The van der Waals surface area contributed by atoms with E-state index in [-0.39, 0.29) is 25.9 Å². The molecular formula is C65H106O12. The number of aliphatic carboxylic acids is 1. The van der Waals surface area contributed by atoms with Gasteiger partial charge in [-0.15, -0.1) is 0 Å². The van der Waals surface area contributed by atoms with Gasteiger partial charge in [-0.05, 0) is 96.3 Å². The Morgan fingerprint density at radius 2 is 0.818 bits per heavy atom. The van der Waals surface area contributed by atoms with Crippen molar-refractivity contribution in [3.05, 3.63) is 97.2 Å². The van der Waals surface area contributed by atoms with E-state index >= 15 is 0 Å². The van der Waals surface area contributed by atoms with Crippen molar-refractivity contribution in [2.75, 3.05) is 13.2 Å². The summed E-state index contributed by atoms with van der Waals surface area (Å²) in [6, 6.07) is 0. The standard InChI is InChI=1S/C65H106O12/c1-4-7-10-13-16-19-22-24-26-28-29-31-33-35-38-41-44-47-50-53-59(68)76-63-61(70)60(69)62(64(71)72)77-65(63)74-55-56(75-58(67)52-49-46-43-40-36-21-18-15-12-9-6-3)54-73-57(66)51-48-45-42-39-37-34-32-30-27-25-23-20-17-14-11-8-5-2/h7-8,10-11,16-17,19-20,24-27,29,31-32,34,56,60-63,65,69-70H,4-6,9,12-15,18,21-23,28,30,33,35-55H2,1-3H3,(H,71,72)/b10-7-,11-8-,19-16-,20-17-,26-24-,27-25-,31-29-,34-32-. The van der Waals surface area contributed by atoms with E-state index in [4.69, 9.17) is 23.7 Å². The Morgan fingerprint density at radius 1 is 0.442 bits per heavy atom. The molecule has 0 aromatic heterocycles. The van der Waals surface area contributed by atoms with Crippen LogP contribution in [0.3, 0.4) is 0 Å². The third-order valence-corrected chi connectivity index (χ3v) is 13.2. The van der Waals surface area contributed by atoms with Gasteiger partial charge in [0.1, 0.15) is 18.8 Å². The van der Waals surface area contributed by atoms with Gasteiger partial charge >= 0.3 is 23.9 Å². The molecule has 1 fully saturated rings. The average molecular weight is 1080 g/mol. The molecule has 1 heterocycles. The zero-order chi connectivity index (χ0) is 56.1. The van der Waals surface area contributed by atoms with Crippen molar-refractivity contribution in [2.45, 2.75) is 276 Å². The number of carbonyl (C=O) groups is 4. The second-order valence-electron chi connectivity index (χ2n) is 20.2. The van der Waals surface area contributed by atoms with Crippen LogP contribution in [0.5, 0.6) is 0 Å². The van der Waals surface area contributed by atoms with E-state index in [9.17, 15) is 34.5 Å². The van der Waals surface area contributed by atoms with Crippen molar-refractivity contribution in [1.82, 2.24) is 0 Å². The lowest BCUT2D eigenvalue weighted by Crippen LogP contribution is -2.61. The third kappa shape index (κ3) is 42.3. The first kappa shape index (κ1) is 70.7. The minimum Gasteiger partial charge on any atom is -0.479 e. The van der Waals surface area contributed by atoms with Gasteiger partial charge in [0.15, 0.2) is 24.6 Å². The van der Waals surface area contributed by atoms with E-state index in [1.807, 2.05) is 0 Å². The summed E-state index contributed by atoms with van der Waals surface area (Å²) >= 11 is 0. The second-order valence-corrected chi connectivity index (χ2v) is 20.2. The molecule has 3 N–H and O–H groups in total. The molecule has 77 heavy (non-hydrogen) atoms. The molecule has 0 radical (unpaired) electrons. The maximum Gasteiger partial charge on any atom is 0.335 e. The fraction of sp³-hybridized carbons (Fsp3) is 0.692. The summed E-state index contributed by atoms with van der Waals surface area (Å²) in [4.78, 5) is 51.1. The molecule has 438 valence electrons. The van der Waals surface area contributed by atoms with Crippen LogP contribution in [0.1, 0.15) is 239 Å². The summed E-state index contributed by atoms with van der Waals surface area (Å²) in [5.41, 5.74) is 0. The quantitative estimate of drug-likeness (QED) is 0.0228. The maximum atomic E-state index is 13.1. The Labute approximate surface area is 466 Å². The Bertz CT molecular complexity index is 1710. The van der Waals surface area contributed by atoms with Gasteiger partial charge in [-0.1, -0.05) is 221 Å². The van der Waals surface area contributed by atoms with E-state index < -0.39 is 67.3 Å². The number of ether oxygens (including phenoxy) is 5. The number of esters is 3. The van der Waals surface area contributed by atoms with Gasteiger partial charge in [0, 0.05) is 19.3 Å². The molecule has 0 aromatic carbocycles. The predicted octanol–water partition coefficient (Wildman–Crippen LogP) is 15.7. The topological polar surface area (TPSA) is 175 Å². The monoisotopic (exact) mass is 1080 g/mol. The van der Waals surface area contributed by atoms with Gasteiger partial charge in [0.05, 0.1) is 6.61 Å². The van der Waals surface area contributed by atoms with Gasteiger partial charge in [-0.3, -0.25) is 14.4 Å². The summed E-state index contributed by atoms with van der Waals surface area (Å²) in [5, 5.41) is 31.5. The van der Waals surface area contributed by atoms with Crippen LogP contribution in [0, 0.1) is 0 Å². The van der Waals surface area contributed by atoms with Crippen molar-refractivity contribution in [3.63, 3.8) is 0 Å². The molecule has 1 aliphatic rings. The van der Waals surface area contributed by atoms with Crippen LogP contribution in [-0.4, -0.2) is 89.2 Å². The number of carboxylic acid groups (broad SMARTS) is 1. The number of carboxylic acids is 1. The molecule has 1 aliphatic heterocycles. The first-order valence-electron chi connectivity index (χ1n) is 30.2. The van der Waals surface area contributed by atoms with Crippen molar-refractivity contribution in [2.24, 2.45) is 0 Å². The van der Waals surface area contributed by atoms with Crippen LogP contribution in [0.2, 0.25) is 0 Å². The Hall–Kier alpha value is -4.36. The van der Waals surface area contributed by atoms with Crippen LogP contribution in [-0.2, 0) is 42.9 Å². The molecule has 0 spiro atoms. The molecule has 12 nitrogen and oxygen atoms in total. The zero-order valence-corrected chi connectivity index (χ0v) is 48.2. The highest BCUT2D eigenvalue weighted by Crippen LogP contribution is 2.26. The summed E-state index contributed by atoms with van der Waals surface area (Å²) in [6.07, 6.45) is 56.6. The summed E-state index contributed by atoms with van der Waals surface area (Å²) in [7, 11) is 0. The molecule has 0 aliphatic carbocycles. The van der Waals surface area contributed by atoms with Crippen LogP contribution >= 0.6 is 0 Å². The van der Waals surface area contributed by atoms with E-state index in [0.29, 0.717) is 19.3 Å². The normalized spacial score (nSPS) is 18.7. The highest BCUT2D eigenvalue weighted by Gasteiger charge is 2.50. The summed E-state index contributed by atoms with van der Waals surface area (Å²) in [5.74, 6) is -3.17. The largest absolute Gasteiger partial charge is 0.479 e. The Kier molecular flexibility index (Phi) is 48.0. The Balaban J connectivity index is 2.68. The Morgan fingerprint density at radius 3 is 1.25 bits per heavy atom. The van der Waals surface area contributed by atoms with Crippen molar-refractivity contribution in [3.8, 4) is 0 Å². The minimum absolute atomic E-state index is 0.0386. The van der Waals surface area contributed by atoms with Gasteiger partial charge in [0.25, 0.3) is 0 Å². The van der Waals surface area contributed by atoms with Gasteiger partial charge in [-0.25, -0.2) is 4.79 Å². The van der Waals surface area contributed by atoms with E-state index in [1.165, 1.54) is 44.9 Å². The van der Waals surface area contributed by atoms with Crippen molar-refractivity contribution >= 4 is 23.9 Å². The number of aliphatic hydroxyl groups is 2. The van der Waals surface area contributed by atoms with Crippen LogP contribution in [0.25, 0.3) is 0 Å². The molecule has 0 aromatic rings. The van der Waals surface area contributed by atoms with Crippen molar-refractivity contribution in [1.29, 1.82) is 0 Å². The minimum atomic E-state index is -1.91. The maximum absolute atomic E-state index is 13.1. The number of rotatable bonds is 50. The lowest BCUT2D eigenvalue weighted by molar-refractivity contribution is -0.301. The van der Waals surface area contributed by atoms with Crippen LogP contribution in [0.4, 0.5) is 0 Å². The number of hydrogen-bond donors (Lipinski definition) is 3. The molecule has 1 rings (SSSR count). The summed E-state index contributed by atoms with van der Waals surface area (Å²) < 4.78 is 28.4. The lowest BCUT2D eigenvalue weighted by atomic mass is 9.98. The first-order valence-corrected chi connectivity index (χ1v) is 30.2. The molecule has 0 saturated carbocycles. The van der Waals surface area contributed by atoms with Crippen LogP contribution < -0.4 is 0 Å². The fourth-order valence-electron chi connectivity index (χ4n) is 8.58. The van der Waals surface area contributed by atoms with E-state index in [0.717, 1.165) is 135 Å². The highest BCUT2D eigenvalue weighted by molar-refractivity contribution is 5.74. The van der Waals surface area contributed by atoms with Gasteiger partial charge in [0.2, 0.25) is 0 Å². The zero-order valence-electron chi connectivity index (χ0n) is 48.2. The first-order chi connectivity index (χ1) is 37.6. The van der Waals surface area contributed by atoms with Crippen molar-refractivity contribution < 1.29 is 58.2 Å². The predicted molar refractivity (Wildman–Crippen MR) is 312 cm³/mol. The van der Waals surface area contributed by atoms with Gasteiger partial charge < -0.3 is 39.0 Å². The molecule has 1 saturated heterocycles. The molecule has 12 heteroatoms. The number of carbonyl (C=O) groups excluding carboxylic acids is 3. The SMILES string of the molecule is CC/C=C\C/C=C\C/C=C\C/C=C\CCCCCCCCC(=O)OC1C(OCC(COC(=O)CCCCCC/C=C\C/C=C\C/C=C\C/C=C\CC)OC(=O)CCCCCCCCCCCCC)OC(C(=O)O)C(O)C1O. The fourth-order valence-corrected chi connectivity index (χ4v) is 8.58. The second kappa shape index (κ2) is 52.3. The molecule has 6 unspecified atom stereocenters. The van der Waals surface area contributed by atoms with E-state index in [1.54, 1.807) is 0 Å². The van der Waals surface area contributed by atoms with Gasteiger partial charge in [-0.2, -0.15) is 0 Å². The number of unbranched alkanes of at least 4 members (excludes halogenated alkanes) is 20. The summed E-state index contributed by atoms with van der Waals surface area (Å²) in [6.45, 7) is 5.73. The van der Waals surface area contributed by atoms with Crippen LogP contribution in [0.15, 0.2) is 97.2 Å². The highest BCUT2D eigenvalue weighted by atomic mass is 16.7. The molecular weight excluding hydrogens is 973 g/mol. The smallest absolute Gasteiger partial charge is 0.335 e. The molecule has 0 bridgehead atoms. The number of allylic oxidation sites excluding steroid dienone is 16. The molecule has 6 atom stereocenters.